The summed E-state index contributed by atoms with van der Waals surface area (Å²) in [5.41, 5.74) is 0.781. The van der Waals surface area contributed by atoms with Crippen LogP contribution in [0.15, 0.2) is 55.1 Å². The number of halogens is 1. The van der Waals surface area contributed by atoms with Crippen molar-refractivity contribution in [3.05, 3.63) is 66.5 Å². The van der Waals surface area contributed by atoms with E-state index in [9.17, 15) is 9.18 Å². The van der Waals surface area contributed by atoms with Crippen molar-refractivity contribution in [2.45, 2.75) is 0 Å². The quantitative estimate of drug-likeness (QED) is 0.612. The Hall–Kier alpha value is -2.16. The van der Waals surface area contributed by atoms with Crippen molar-refractivity contribution in [2.24, 2.45) is 0 Å². The van der Waals surface area contributed by atoms with Crippen LogP contribution in [0, 0.1) is 5.82 Å². The number of amides is 1. The van der Waals surface area contributed by atoms with Crippen molar-refractivity contribution in [1.29, 1.82) is 0 Å². The molecular weight excluding hydrogens is 217 g/mol. The van der Waals surface area contributed by atoms with Gasteiger partial charge in [-0.2, -0.15) is 0 Å². The number of allylic oxidation sites excluding steroid dienone is 2. The second kappa shape index (κ2) is 7.17. The molecule has 0 spiro atoms. The van der Waals surface area contributed by atoms with Gasteiger partial charge in [0.2, 0.25) is 5.91 Å². The van der Waals surface area contributed by atoms with Gasteiger partial charge in [-0.1, -0.05) is 36.9 Å². The van der Waals surface area contributed by atoms with Crippen molar-refractivity contribution in [2.75, 3.05) is 6.54 Å². The number of nitrogens with one attached hydrogen (secondary N) is 1. The van der Waals surface area contributed by atoms with Crippen LogP contribution in [0.1, 0.15) is 5.56 Å². The molecular formula is C14H14FNO. The first-order valence-corrected chi connectivity index (χ1v) is 5.21. The molecule has 0 saturated carbocycles. The van der Waals surface area contributed by atoms with Crippen LogP contribution < -0.4 is 5.32 Å². The molecule has 0 aliphatic rings. The molecule has 0 aliphatic carbocycles. The summed E-state index contributed by atoms with van der Waals surface area (Å²) in [7, 11) is 0. The van der Waals surface area contributed by atoms with E-state index in [4.69, 9.17) is 0 Å². The Bertz CT molecular complexity index is 432. The minimum Gasteiger partial charge on any atom is -0.349 e. The maximum atomic E-state index is 12.6. The normalized spacial score (nSPS) is 10.9. The molecule has 0 bridgehead atoms. The monoisotopic (exact) mass is 231 g/mol. The molecule has 1 N–H and O–H groups in total. The van der Waals surface area contributed by atoms with Crippen molar-refractivity contribution in [3.8, 4) is 0 Å². The molecule has 17 heavy (non-hydrogen) atoms. The Morgan fingerprint density at radius 2 is 2.06 bits per heavy atom. The molecule has 1 aromatic carbocycles. The molecule has 0 radical (unpaired) electrons. The topological polar surface area (TPSA) is 29.1 Å². The van der Waals surface area contributed by atoms with Gasteiger partial charge in [-0.3, -0.25) is 4.79 Å². The van der Waals surface area contributed by atoms with Gasteiger partial charge in [0.25, 0.3) is 0 Å². The van der Waals surface area contributed by atoms with Gasteiger partial charge in [0.1, 0.15) is 5.82 Å². The van der Waals surface area contributed by atoms with E-state index in [1.807, 2.05) is 0 Å². The zero-order valence-corrected chi connectivity index (χ0v) is 9.40. The van der Waals surface area contributed by atoms with Crippen molar-refractivity contribution >= 4 is 12.0 Å². The van der Waals surface area contributed by atoms with Crippen molar-refractivity contribution in [3.63, 3.8) is 0 Å². The van der Waals surface area contributed by atoms with Crippen LogP contribution in [-0.2, 0) is 4.79 Å². The number of carbonyl (C=O) groups excluding carboxylic acids is 1. The summed E-state index contributed by atoms with van der Waals surface area (Å²) in [4.78, 5) is 11.3. The maximum Gasteiger partial charge on any atom is 0.244 e. The Labute approximate surface area is 100 Å². The van der Waals surface area contributed by atoms with Gasteiger partial charge >= 0.3 is 0 Å². The lowest BCUT2D eigenvalue weighted by Crippen LogP contribution is -2.20. The van der Waals surface area contributed by atoms with Crippen LogP contribution in [0.3, 0.4) is 0 Å². The van der Waals surface area contributed by atoms with Crippen LogP contribution in [-0.4, -0.2) is 12.5 Å². The first kappa shape index (κ1) is 12.9. The fourth-order valence-electron chi connectivity index (χ4n) is 1.13. The van der Waals surface area contributed by atoms with Crippen LogP contribution in [0.2, 0.25) is 0 Å². The highest BCUT2D eigenvalue weighted by molar-refractivity contribution is 5.91. The zero-order chi connectivity index (χ0) is 12.5. The van der Waals surface area contributed by atoms with Crippen LogP contribution in [0.4, 0.5) is 4.39 Å². The van der Waals surface area contributed by atoms with Gasteiger partial charge in [-0.05, 0) is 23.8 Å². The van der Waals surface area contributed by atoms with E-state index in [1.165, 1.54) is 18.2 Å². The molecule has 1 aromatic rings. The molecule has 0 aliphatic heterocycles. The lowest BCUT2D eigenvalue weighted by Gasteiger charge is -1.96. The second-order valence-electron chi connectivity index (χ2n) is 3.29. The Morgan fingerprint density at radius 3 is 2.71 bits per heavy atom. The van der Waals surface area contributed by atoms with Crippen LogP contribution >= 0.6 is 0 Å². The zero-order valence-electron chi connectivity index (χ0n) is 9.40. The van der Waals surface area contributed by atoms with Crippen molar-refractivity contribution in [1.82, 2.24) is 5.32 Å². The molecule has 88 valence electrons. The van der Waals surface area contributed by atoms with E-state index in [2.05, 4.69) is 11.9 Å². The van der Waals surface area contributed by atoms with Gasteiger partial charge in [0.15, 0.2) is 0 Å². The molecule has 0 heterocycles. The minimum absolute atomic E-state index is 0.192. The average Bonchev–Trinajstić information content (AvgIpc) is 2.34. The van der Waals surface area contributed by atoms with E-state index in [1.54, 1.807) is 36.4 Å². The third-order valence-electron chi connectivity index (χ3n) is 1.96. The summed E-state index contributed by atoms with van der Waals surface area (Å²) >= 11 is 0. The summed E-state index contributed by atoms with van der Waals surface area (Å²) in [5.74, 6) is -0.482. The molecule has 0 aromatic heterocycles. The predicted octanol–water partition coefficient (Wildman–Crippen LogP) is 2.70. The molecule has 0 atom stereocenters. The number of hydrogen-bond acceptors (Lipinski definition) is 1. The minimum atomic E-state index is -0.291. The van der Waals surface area contributed by atoms with Crippen LogP contribution in [0.5, 0.6) is 0 Å². The van der Waals surface area contributed by atoms with E-state index in [0.29, 0.717) is 6.54 Å². The van der Waals surface area contributed by atoms with Gasteiger partial charge in [-0.25, -0.2) is 4.39 Å². The smallest absolute Gasteiger partial charge is 0.244 e. The highest BCUT2D eigenvalue weighted by Gasteiger charge is 1.93. The fraction of sp³-hybridized carbons (Fsp3) is 0.0714. The third-order valence-corrected chi connectivity index (χ3v) is 1.96. The summed E-state index contributed by atoms with van der Waals surface area (Å²) in [6.07, 6.45) is 8.22. The first-order chi connectivity index (χ1) is 8.22. The largest absolute Gasteiger partial charge is 0.349 e. The lowest BCUT2D eigenvalue weighted by molar-refractivity contribution is -0.116. The maximum absolute atomic E-state index is 12.6. The lowest BCUT2D eigenvalue weighted by atomic mass is 10.2. The third kappa shape index (κ3) is 5.47. The standard InChI is InChI=1S/C14H14FNO/c1-2-3-4-11-16-14(17)10-7-12-5-8-13(15)9-6-12/h2-10H,1,11H2,(H,16,17)/b4-3+,10-7+. The Kier molecular flexibility index (Phi) is 5.44. The van der Waals surface area contributed by atoms with Gasteiger partial charge < -0.3 is 5.32 Å². The van der Waals surface area contributed by atoms with Crippen molar-refractivity contribution < 1.29 is 9.18 Å². The van der Waals surface area contributed by atoms with E-state index < -0.39 is 0 Å². The molecule has 0 saturated heterocycles. The molecule has 3 heteroatoms. The summed E-state index contributed by atoms with van der Waals surface area (Å²) in [6, 6.07) is 5.92. The number of rotatable bonds is 5. The van der Waals surface area contributed by atoms with E-state index in [-0.39, 0.29) is 11.7 Å². The SMILES string of the molecule is C=C/C=C/CNC(=O)/C=C/c1ccc(F)cc1. The highest BCUT2D eigenvalue weighted by atomic mass is 19.1. The number of hydrogen-bond donors (Lipinski definition) is 1. The van der Waals surface area contributed by atoms with E-state index >= 15 is 0 Å². The first-order valence-electron chi connectivity index (χ1n) is 5.21. The van der Waals surface area contributed by atoms with Gasteiger partial charge in [0.05, 0.1) is 0 Å². The van der Waals surface area contributed by atoms with Gasteiger partial charge in [-0.15, -0.1) is 0 Å². The van der Waals surface area contributed by atoms with Crippen LogP contribution in [0.25, 0.3) is 6.08 Å². The predicted molar refractivity (Wildman–Crippen MR) is 67.8 cm³/mol. The highest BCUT2D eigenvalue weighted by Crippen LogP contribution is 2.04. The number of benzene rings is 1. The summed E-state index contributed by atoms with van der Waals surface area (Å²) < 4.78 is 12.6. The molecule has 2 nitrogen and oxygen atoms in total. The second-order valence-corrected chi connectivity index (χ2v) is 3.29. The summed E-state index contributed by atoms with van der Waals surface area (Å²) in [6.45, 7) is 3.97. The number of carbonyl (C=O) groups is 1. The average molecular weight is 231 g/mol. The molecule has 1 rings (SSSR count). The molecule has 0 fully saturated rings. The molecule has 0 unspecified atom stereocenters. The molecule has 1 amide bonds. The van der Waals surface area contributed by atoms with Gasteiger partial charge in [0, 0.05) is 12.6 Å². The van der Waals surface area contributed by atoms with E-state index in [0.717, 1.165) is 5.56 Å². The Morgan fingerprint density at radius 1 is 1.35 bits per heavy atom. The fourth-order valence-corrected chi connectivity index (χ4v) is 1.13. The Balaban J connectivity index is 2.42. The summed E-state index contributed by atoms with van der Waals surface area (Å²) in [5, 5.41) is 2.66.